The average Bonchev–Trinajstić information content (AvgIpc) is 0.811. The molecule has 0 aromatic rings. The molecule has 0 heterocycles. The van der Waals surface area contributed by atoms with E-state index in [-0.39, 0.29) is 51.4 Å². The molecule has 0 saturated heterocycles. The first-order valence-electron chi connectivity index (χ1n) is 0.516. The molecule has 0 rings (SSSR count). The number of hydrogen-bond acceptors (Lipinski definition) is 3. The van der Waals surface area contributed by atoms with Crippen molar-refractivity contribution in [1.29, 1.82) is 0 Å². The molecule has 0 aromatic carbocycles. The predicted molar refractivity (Wildman–Crippen MR) is 11.4 cm³/mol. The van der Waals surface area contributed by atoms with Crippen molar-refractivity contribution in [2.24, 2.45) is 0 Å². The Balaban J connectivity index is 0. The molecular formula is HKO3S. The van der Waals surface area contributed by atoms with E-state index in [1.165, 1.54) is 0 Å². The van der Waals surface area contributed by atoms with Crippen LogP contribution in [0.15, 0.2) is 0 Å². The molecule has 5 heavy (non-hydrogen) atoms. The minimum absolute atomic E-state index is 0. The van der Waals surface area contributed by atoms with Crippen LogP contribution >= 0.6 is 0 Å². The summed E-state index contributed by atoms with van der Waals surface area (Å²) in [4.78, 5) is 0. The largest absolute Gasteiger partial charge is 1.00 e. The maximum atomic E-state index is 8.56. The summed E-state index contributed by atoms with van der Waals surface area (Å²) in [6.07, 6.45) is 0. The smallest absolute Gasteiger partial charge is 0.439 e. The van der Waals surface area contributed by atoms with Crippen LogP contribution in [-0.4, -0.2) is 4.55 Å². The van der Waals surface area contributed by atoms with Gasteiger partial charge in [-0.05, 0) is 0 Å². The van der Waals surface area contributed by atoms with Crippen molar-refractivity contribution in [3.8, 4) is 0 Å². The fourth-order valence-electron chi connectivity index (χ4n) is 0. The monoisotopic (exact) mass is 120 g/mol. The molecule has 0 aromatic heterocycles. The van der Waals surface area contributed by atoms with Gasteiger partial charge in [-0.25, -0.2) is 0 Å². The molecule has 0 aliphatic heterocycles. The molecule has 0 aliphatic carbocycles. The van der Waals surface area contributed by atoms with E-state index in [4.69, 9.17) is 13.0 Å². The van der Waals surface area contributed by atoms with Gasteiger partial charge < -0.3 is 13.0 Å². The van der Waals surface area contributed by atoms with Gasteiger partial charge in [-0.15, -0.1) is 0 Å². The van der Waals surface area contributed by atoms with Crippen LogP contribution in [0, 0.1) is 0 Å². The van der Waals surface area contributed by atoms with Crippen LogP contribution in [0.2, 0.25) is 0 Å². The van der Waals surface area contributed by atoms with Crippen LogP contribution in [0.4, 0.5) is 0 Å². The van der Waals surface area contributed by atoms with Crippen LogP contribution in [0.5, 0.6) is 0 Å². The zero-order chi connectivity index (χ0) is 3.58. The molecule has 0 amide bonds. The molecule has 0 atom stereocenters. The second-order valence-corrected chi connectivity index (χ2v) is 0.651. The summed E-state index contributed by atoms with van der Waals surface area (Å²) in [5, 5.41) is 0. The first-order chi connectivity index (χ1) is 1.73. The second kappa shape index (κ2) is 5.55. The standard InChI is InChI=1S/K.HO3S/c;1-4(2)3/h;(H,1,2,3)/q+1;-1. The summed E-state index contributed by atoms with van der Waals surface area (Å²) in [5.74, 6) is 0. The van der Waals surface area contributed by atoms with Gasteiger partial charge in [-0.1, -0.05) is 0 Å². The van der Waals surface area contributed by atoms with Crippen LogP contribution < -0.4 is 51.4 Å². The summed E-state index contributed by atoms with van der Waals surface area (Å²) in [6, 6.07) is 0. The average molecular weight is 120 g/mol. The third-order valence-electron chi connectivity index (χ3n) is 0. The van der Waals surface area contributed by atoms with Crippen LogP contribution in [0.1, 0.15) is 0 Å². The number of hydrogen-bond donors (Lipinski definition) is 1. The van der Waals surface area contributed by atoms with Gasteiger partial charge in [0.2, 0.25) is 0 Å². The van der Waals surface area contributed by atoms with Gasteiger partial charge in [0.05, 0.1) is 0 Å². The van der Waals surface area contributed by atoms with Crippen molar-refractivity contribution in [3.63, 3.8) is 0 Å². The van der Waals surface area contributed by atoms with Crippen LogP contribution in [0.25, 0.3) is 0 Å². The summed E-state index contributed by atoms with van der Waals surface area (Å²) in [5.41, 5.74) is 0. The second-order valence-electron chi connectivity index (χ2n) is 0.217. The van der Waals surface area contributed by atoms with Crippen LogP contribution in [0.3, 0.4) is 0 Å². The topological polar surface area (TPSA) is 54.4 Å². The molecule has 5 heteroatoms. The SMILES string of the molecule is O=[S-](=O)O.[K+]. The minimum Gasteiger partial charge on any atom is -0.439 e. The first kappa shape index (κ1) is 9.74. The predicted octanol–water partition coefficient (Wildman–Crippen LogP) is -3.23. The van der Waals surface area contributed by atoms with Gasteiger partial charge in [-0.3, -0.25) is 0 Å². The maximum absolute atomic E-state index is 8.56. The quantitative estimate of drug-likeness (QED) is 0.158. The Bertz CT molecular complexity index is 55.3. The summed E-state index contributed by atoms with van der Waals surface area (Å²) >= 11 is 0. The third-order valence-corrected chi connectivity index (χ3v) is 0. The van der Waals surface area contributed by atoms with Crippen molar-refractivity contribution in [2.45, 2.75) is 0 Å². The van der Waals surface area contributed by atoms with Crippen LogP contribution in [-0.2, 0) is 19.4 Å². The Morgan fingerprint density at radius 3 is 1.40 bits per heavy atom. The molecule has 0 unspecified atom stereocenters. The molecule has 0 spiro atoms. The zero-order valence-electron chi connectivity index (χ0n) is 2.67. The van der Waals surface area contributed by atoms with Crippen molar-refractivity contribution < 1.29 is 64.4 Å². The fourth-order valence-corrected chi connectivity index (χ4v) is 0. The molecular weight excluding hydrogens is 119 g/mol. The summed E-state index contributed by atoms with van der Waals surface area (Å²) < 4.78 is 24.1. The summed E-state index contributed by atoms with van der Waals surface area (Å²) in [7, 11) is -2.86. The summed E-state index contributed by atoms with van der Waals surface area (Å²) in [6.45, 7) is 0. The Hall–Kier alpha value is 1.55. The molecule has 0 saturated carbocycles. The normalized spacial score (nSPS) is 6.80. The number of rotatable bonds is 0. The molecule has 26 valence electrons. The van der Waals surface area contributed by atoms with Gasteiger partial charge >= 0.3 is 51.4 Å². The van der Waals surface area contributed by atoms with E-state index in [1.807, 2.05) is 0 Å². The van der Waals surface area contributed by atoms with Gasteiger partial charge in [0, 0.05) is 11.0 Å². The van der Waals surface area contributed by atoms with E-state index in [0.717, 1.165) is 0 Å². The van der Waals surface area contributed by atoms with E-state index in [0.29, 0.717) is 0 Å². The molecule has 3 nitrogen and oxygen atoms in total. The van der Waals surface area contributed by atoms with Crippen molar-refractivity contribution in [1.82, 2.24) is 0 Å². The first-order valence-corrected chi connectivity index (χ1v) is 1.55. The van der Waals surface area contributed by atoms with Gasteiger partial charge in [-0.2, -0.15) is 0 Å². The third kappa shape index (κ3) is 29.2. The van der Waals surface area contributed by atoms with E-state index < -0.39 is 11.0 Å². The van der Waals surface area contributed by atoms with Crippen molar-refractivity contribution in [3.05, 3.63) is 0 Å². The Morgan fingerprint density at radius 2 is 1.40 bits per heavy atom. The fraction of sp³-hybridized carbons (Fsp3) is 0. The van der Waals surface area contributed by atoms with Crippen molar-refractivity contribution in [2.75, 3.05) is 0 Å². The molecule has 0 fully saturated rings. The van der Waals surface area contributed by atoms with E-state index in [2.05, 4.69) is 0 Å². The molecule has 0 bridgehead atoms. The minimum atomic E-state index is -2.86. The van der Waals surface area contributed by atoms with Crippen molar-refractivity contribution >= 4 is 11.0 Å². The zero-order valence-corrected chi connectivity index (χ0v) is 6.61. The van der Waals surface area contributed by atoms with Gasteiger partial charge in [0.15, 0.2) is 0 Å². The van der Waals surface area contributed by atoms with E-state index in [9.17, 15) is 0 Å². The molecule has 0 radical (unpaired) electrons. The Labute approximate surface area is 74.0 Å². The molecule has 0 aliphatic rings. The maximum Gasteiger partial charge on any atom is 1.00 e. The van der Waals surface area contributed by atoms with E-state index >= 15 is 0 Å². The van der Waals surface area contributed by atoms with E-state index in [1.54, 1.807) is 0 Å². The Kier molecular flexibility index (Phi) is 10.8. The molecule has 1 N–H and O–H groups in total. The van der Waals surface area contributed by atoms with Gasteiger partial charge in [0.25, 0.3) is 0 Å². The van der Waals surface area contributed by atoms with Gasteiger partial charge in [0.1, 0.15) is 0 Å². The Morgan fingerprint density at radius 1 is 1.40 bits per heavy atom.